The van der Waals surface area contributed by atoms with Gasteiger partial charge in [-0.15, -0.1) is 0 Å². The number of benzene rings is 1. The predicted molar refractivity (Wildman–Crippen MR) is 64.6 cm³/mol. The fraction of sp³-hybridized carbons (Fsp3) is 0.250. The van der Waals surface area contributed by atoms with Gasteiger partial charge < -0.3 is 10.3 Å². The highest BCUT2D eigenvalue weighted by Gasteiger charge is 2.22. The van der Waals surface area contributed by atoms with E-state index in [2.05, 4.69) is 15.3 Å². The number of nitrogens with zero attached hydrogens (tertiary/aromatic N) is 1. The Morgan fingerprint density at radius 3 is 2.88 bits per heavy atom. The Kier molecular flexibility index (Phi) is 2.61. The monoisotopic (exact) mass is 251 g/mol. The molecule has 0 atom stereocenters. The quantitative estimate of drug-likeness (QED) is 0.861. The Bertz CT molecular complexity index is 548. The zero-order chi connectivity index (χ0) is 11.8. The number of aromatic amines is 1. The van der Waals surface area contributed by atoms with Crippen molar-refractivity contribution in [3.8, 4) is 11.3 Å². The van der Waals surface area contributed by atoms with E-state index in [0.29, 0.717) is 22.2 Å². The van der Waals surface area contributed by atoms with Crippen molar-refractivity contribution in [2.75, 3.05) is 13.1 Å². The maximum absolute atomic E-state index is 13.6. The lowest BCUT2D eigenvalue weighted by molar-refractivity contribution is 0.433. The Labute approximate surface area is 103 Å². The molecule has 1 saturated heterocycles. The van der Waals surface area contributed by atoms with E-state index >= 15 is 0 Å². The van der Waals surface area contributed by atoms with Crippen LogP contribution >= 0.6 is 11.6 Å². The fourth-order valence-corrected chi connectivity index (χ4v) is 2.04. The van der Waals surface area contributed by atoms with Gasteiger partial charge in [0.1, 0.15) is 11.6 Å². The van der Waals surface area contributed by atoms with Crippen LogP contribution in [0.25, 0.3) is 11.3 Å². The highest BCUT2D eigenvalue weighted by atomic mass is 35.5. The van der Waals surface area contributed by atoms with E-state index in [1.165, 1.54) is 12.1 Å². The first kappa shape index (κ1) is 10.7. The van der Waals surface area contributed by atoms with Crippen molar-refractivity contribution in [1.29, 1.82) is 0 Å². The second-order valence-corrected chi connectivity index (χ2v) is 4.60. The molecule has 2 aromatic rings. The van der Waals surface area contributed by atoms with Gasteiger partial charge in [-0.05, 0) is 18.2 Å². The molecule has 0 unspecified atom stereocenters. The molecule has 0 saturated carbocycles. The van der Waals surface area contributed by atoms with Crippen molar-refractivity contribution in [2.24, 2.45) is 0 Å². The summed E-state index contributed by atoms with van der Waals surface area (Å²) in [5, 5.41) is 3.69. The zero-order valence-corrected chi connectivity index (χ0v) is 9.76. The van der Waals surface area contributed by atoms with Crippen molar-refractivity contribution in [1.82, 2.24) is 15.3 Å². The van der Waals surface area contributed by atoms with Crippen molar-refractivity contribution in [3.05, 3.63) is 41.1 Å². The van der Waals surface area contributed by atoms with E-state index in [0.717, 1.165) is 18.9 Å². The minimum Gasteiger partial charge on any atom is -0.342 e. The summed E-state index contributed by atoms with van der Waals surface area (Å²) in [4.78, 5) is 7.43. The minimum atomic E-state index is -0.295. The molecule has 0 amide bonds. The van der Waals surface area contributed by atoms with Crippen molar-refractivity contribution in [2.45, 2.75) is 5.92 Å². The van der Waals surface area contributed by atoms with Crippen LogP contribution in [0.15, 0.2) is 24.4 Å². The van der Waals surface area contributed by atoms with E-state index in [1.54, 1.807) is 12.3 Å². The van der Waals surface area contributed by atoms with Crippen LogP contribution in [-0.4, -0.2) is 23.1 Å². The van der Waals surface area contributed by atoms with Crippen LogP contribution in [0, 0.1) is 5.82 Å². The highest BCUT2D eigenvalue weighted by Crippen LogP contribution is 2.26. The van der Waals surface area contributed by atoms with Crippen LogP contribution in [0.4, 0.5) is 4.39 Å². The smallest absolute Gasteiger partial charge is 0.132 e. The summed E-state index contributed by atoms with van der Waals surface area (Å²) in [6.45, 7) is 1.84. The molecule has 1 aliphatic rings. The molecule has 88 valence electrons. The van der Waals surface area contributed by atoms with Crippen LogP contribution in [0.1, 0.15) is 11.7 Å². The van der Waals surface area contributed by atoms with Gasteiger partial charge in [0.15, 0.2) is 0 Å². The molecule has 1 aromatic heterocycles. The number of H-pyrrole nitrogens is 1. The lowest BCUT2D eigenvalue weighted by Gasteiger charge is -2.24. The number of hydrogen-bond acceptors (Lipinski definition) is 2. The predicted octanol–water partition coefficient (Wildman–Crippen LogP) is 2.56. The second-order valence-electron chi connectivity index (χ2n) is 4.16. The molecule has 0 radical (unpaired) electrons. The number of aromatic nitrogens is 2. The third kappa shape index (κ3) is 1.94. The summed E-state index contributed by atoms with van der Waals surface area (Å²) in [5.74, 6) is 1.01. The van der Waals surface area contributed by atoms with Crippen LogP contribution in [0.2, 0.25) is 5.02 Å². The van der Waals surface area contributed by atoms with Gasteiger partial charge in [0.05, 0.1) is 11.9 Å². The average Bonchev–Trinajstić information content (AvgIpc) is 2.68. The van der Waals surface area contributed by atoms with Crippen LogP contribution in [-0.2, 0) is 0 Å². The van der Waals surface area contributed by atoms with Gasteiger partial charge in [0.25, 0.3) is 0 Å². The number of halogens is 2. The number of rotatable bonds is 2. The summed E-state index contributed by atoms with van der Waals surface area (Å²) < 4.78 is 13.6. The standard InChI is InChI=1S/C12H11ClFN3/c13-8-1-2-10(14)9(3-8)11-6-16-12(17-11)7-4-15-5-7/h1-3,6-7,15H,4-5H2,(H,16,17). The lowest BCUT2D eigenvalue weighted by atomic mass is 10.0. The molecule has 17 heavy (non-hydrogen) atoms. The van der Waals surface area contributed by atoms with Crippen molar-refractivity contribution < 1.29 is 4.39 Å². The molecule has 3 nitrogen and oxygen atoms in total. The van der Waals surface area contributed by atoms with Gasteiger partial charge in [-0.2, -0.15) is 0 Å². The highest BCUT2D eigenvalue weighted by molar-refractivity contribution is 6.30. The maximum atomic E-state index is 13.6. The number of nitrogens with one attached hydrogen (secondary N) is 2. The van der Waals surface area contributed by atoms with E-state index in [9.17, 15) is 4.39 Å². The molecular weight excluding hydrogens is 241 g/mol. The van der Waals surface area contributed by atoms with Crippen molar-refractivity contribution >= 4 is 11.6 Å². The molecule has 3 rings (SSSR count). The number of hydrogen-bond donors (Lipinski definition) is 2. The van der Waals surface area contributed by atoms with E-state index in [-0.39, 0.29) is 5.82 Å². The van der Waals surface area contributed by atoms with Gasteiger partial charge in [0.2, 0.25) is 0 Å². The van der Waals surface area contributed by atoms with Gasteiger partial charge in [-0.3, -0.25) is 0 Å². The molecule has 0 spiro atoms. The Balaban J connectivity index is 1.97. The average molecular weight is 252 g/mol. The number of imidazole rings is 1. The SMILES string of the molecule is Fc1ccc(Cl)cc1-c1cnc(C2CNC2)[nH]1. The summed E-state index contributed by atoms with van der Waals surface area (Å²) >= 11 is 5.86. The third-order valence-corrected chi connectivity index (χ3v) is 3.22. The normalized spacial score (nSPS) is 15.9. The molecule has 2 heterocycles. The second kappa shape index (κ2) is 4.13. The van der Waals surface area contributed by atoms with Crippen LogP contribution in [0.3, 0.4) is 0 Å². The van der Waals surface area contributed by atoms with Gasteiger partial charge in [0, 0.05) is 29.6 Å². The Hall–Kier alpha value is -1.39. The summed E-state index contributed by atoms with van der Waals surface area (Å²) in [5.41, 5.74) is 1.13. The van der Waals surface area contributed by atoms with E-state index < -0.39 is 0 Å². The summed E-state index contributed by atoms with van der Waals surface area (Å²) in [6.07, 6.45) is 1.66. The lowest BCUT2D eigenvalue weighted by Crippen LogP contribution is -2.40. The molecule has 0 bridgehead atoms. The Morgan fingerprint density at radius 1 is 1.35 bits per heavy atom. The van der Waals surface area contributed by atoms with E-state index in [1.807, 2.05) is 0 Å². The molecule has 0 aliphatic carbocycles. The first-order valence-electron chi connectivity index (χ1n) is 5.45. The minimum absolute atomic E-state index is 0.295. The van der Waals surface area contributed by atoms with Gasteiger partial charge in [-0.1, -0.05) is 11.6 Å². The van der Waals surface area contributed by atoms with Crippen LogP contribution in [0.5, 0.6) is 0 Å². The van der Waals surface area contributed by atoms with E-state index in [4.69, 9.17) is 11.6 Å². The zero-order valence-electron chi connectivity index (χ0n) is 9.00. The van der Waals surface area contributed by atoms with Crippen molar-refractivity contribution in [3.63, 3.8) is 0 Å². The molecule has 1 aliphatic heterocycles. The summed E-state index contributed by atoms with van der Waals surface area (Å²) in [7, 11) is 0. The third-order valence-electron chi connectivity index (χ3n) is 2.98. The molecule has 1 fully saturated rings. The van der Waals surface area contributed by atoms with Gasteiger partial charge in [-0.25, -0.2) is 9.37 Å². The molecular formula is C12H11ClFN3. The largest absolute Gasteiger partial charge is 0.342 e. The molecule has 1 aromatic carbocycles. The fourth-order valence-electron chi connectivity index (χ4n) is 1.87. The Morgan fingerprint density at radius 2 is 2.18 bits per heavy atom. The van der Waals surface area contributed by atoms with Gasteiger partial charge >= 0.3 is 0 Å². The molecule has 5 heteroatoms. The first-order chi connectivity index (χ1) is 8.24. The topological polar surface area (TPSA) is 40.7 Å². The molecule has 2 N–H and O–H groups in total. The van der Waals surface area contributed by atoms with Crippen LogP contribution < -0.4 is 5.32 Å². The first-order valence-corrected chi connectivity index (χ1v) is 5.83. The maximum Gasteiger partial charge on any atom is 0.132 e. The summed E-state index contributed by atoms with van der Waals surface area (Å²) in [6, 6.07) is 4.50.